The Morgan fingerprint density at radius 2 is 2.11 bits per heavy atom. The molecule has 7 nitrogen and oxygen atoms in total. The Balaban J connectivity index is 1.55. The van der Waals surface area contributed by atoms with E-state index in [2.05, 4.69) is 27.4 Å². The number of primary amides is 1. The number of nitrogens with one attached hydrogen (secondary N) is 2. The van der Waals surface area contributed by atoms with Crippen LogP contribution in [-0.4, -0.2) is 34.9 Å². The summed E-state index contributed by atoms with van der Waals surface area (Å²) in [6.07, 6.45) is 2.37. The number of carbonyl (C=O) groups excluding carboxylic acids is 2. The summed E-state index contributed by atoms with van der Waals surface area (Å²) in [5.74, 6) is -0.509. The molecule has 3 heterocycles. The van der Waals surface area contributed by atoms with E-state index in [0.29, 0.717) is 16.3 Å². The van der Waals surface area contributed by atoms with Crippen molar-refractivity contribution in [3.8, 4) is 0 Å². The number of thiophene rings is 1. The van der Waals surface area contributed by atoms with Crippen molar-refractivity contribution < 1.29 is 9.59 Å². The molecule has 1 aromatic carbocycles. The Kier molecular flexibility index (Phi) is 4.97. The molecule has 0 aliphatic carbocycles. The molecule has 2 aromatic heterocycles. The predicted molar refractivity (Wildman–Crippen MR) is 112 cm³/mol. The Morgan fingerprint density at radius 1 is 1.29 bits per heavy atom. The number of likely N-dealkylation sites (N-methyl/N-ethyl adjacent to an activating group) is 1. The maximum absolute atomic E-state index is 12.5. The van der Waals surface area contributed by atoms with Crippen LogP contribution in [0.5, 0.6) is 0 Å². The average molecular weight is 395 g/mol. The van der Waals surface area contributed by atoms with Crippen molar-refractivity contribution in [3.63, 3.8) is 0 Å². The number of amides is 3. The standard InChI is InChI=1S/C20H21N5O2S/c1-2-25-8-7-14-16(11-25)28-19(17(14)18(21)26)24-20(27)23-13-9-12-5-3-4-6-15(12)22-10-13/h3-6,9-10H,2,7-8,11H2,1H3,(H2,21,26)(H2,23,24,27). The summed E-state index contributed by atoms with van der Waals surface area (Å²) >= 11 is 1.42. The fourth-order valence-electron chi connectivity index (χ4n) is 3.48. The van der Waals surface area contributed by atoms with Crippen molar-refractivity contribution >= 4 is 44.9 Å². The van der Waals surface area contributed by atoms with E-state index in [1.165, 1.54) is 11.3 Å². The highest BCUT2D eigenvalue weighted by Gasteiger charge is 2.27. The normalized spacial score (nSPS) is 13.9. The minimum absolute atomic E-state index is 0.425. The van der Waals surface area contributed by atoms with Crippen molar-refractivity contribution in [1.82, 2.24) is 9.88 Å². The molecule has 8 heteroatoms. The lowest BCUT2D eigenvalue weighted by atomic mass is 10.0. The van der Waals surface area contributed by atoms with Crippen LogP contribution in [0.25, 0.3) is 10.9 Å². The molecule has 4 rings (SSSR count). The third-order valence-corrected chi connectivity index (χ3v) is 6.04. The number of para-hydroxylation sites is 1. The van der Waals surface area contributed by atoms with E-state index in [9.17, 15) is 9.59 Å². The van der Waals surface area contributed by atoms with Gasteiger partial charge in [-0.1, -0.05) is 25.1 Å². The number of hydrogen-bond donors (Lipinski definition) is 3. The van der Waals surface area contributed by atoms with Gasteiger partial charge in [0.05, 0.1) is 23.0 Å². The Bertz CT molecular complexity index is 1060. The highest BCUT2D eigenvalue weighted by atomic mass is 32.1. The van der Waals surface area contributed by atoms with Crippen molar-refractivity contribution in [2.24, 2.45) is 5.73 Å². The monoisotopic (exact) mass is 395 g/mol. The number of nitrogens with zero attached hydrogens (tertiary/aromatic N) is 2. The van der Waals surface area contributed by atoms with Crippen LogP contribution in [0.1, 0.15) is 27.7 Å². The third-order valence-electron chi connectivity index (χ3n) is 4.90. The second-order valence-electron chi connectivity index (χ2n) is 6.69. The van der Waals surface area contributed by atoms with Crippen LogP contribution in [-0.2, 0) is 13.0 Å². The number of nitrogens with two attached hydrogens (primary N) is 1. The van der Waals surface area contributed by atoms with Crippen LogP contribution in [0, 0.1) is 0 Å². The molecule has 0 radical (unpaired) electrons. The molecule has 0 atom stereocenters. The van der Waals surface area contributed by atoms with Gasteiger partial charge in [0.15, 0.2) is 0 Å². The number of urea groups is 1. The number of hydrogen-bond acceptors (Lipinski definition) is 5. The van der Waals surface area contributed by atoms with Gasteiger partial charge in [0, 0.05) is 23.4 Å². The SMILES string of the molecule is CCN1CCc2c(sc(NC(=O)Nc3cnc4ccccc4c3)c2C(N)=O)C1. The highest BCUT2D eigenvalue weighted by Crippen LogP contribution is 2.37. The molecular weight excluding hydrogens is 374 g/mol. The molecule has 0 unspecified atom stereocenters. The first-order valence-corrected chi connectivity index (χ1v) is 9.96. The first kappa shape index (κ1) is 18.4. The minimum atomic E-state index is -0.509. The largest absolute Gasteiger partial charge is 0.365 e. The molecule has 0 saturated carbocycles. The first-order chi connectivity index (χ1) is 13.5. The van der Waals surface area contributed by atoms with Gasteiger partial charge in [-0.25, -0.2) is 4.79 Å². The van der Waals surface area contributed by atoms with Crippen molar-refractivity contribution in [2.45, 2.75) is 19.9 Å². The number of pyridine rings is 1. The lowest BCUT2D eigenvalue weighted by Gasteiger charge is -2.25. The molecule has 0 spiro atoms. The smallest absolute Gasteiger partial charge is 0.324 e. The van der Waals surface area contributed by atoms with Crippen LogP contribution < -0.4 is 16.4 Å². The van der Waals surface area contributed by atoms with E-state index in [0.717, 1.165) is 47.4 Å². The zero-order chi connectivity index (χ0) is 19.7. The predicted octanol–water partition coefficient (Wildman–Crippen LogP) is 3.42. The molecule has 3 aromatic rings. The van der Waals surface area contributed by atoms with Gasteiger partial charge in [-0.05, 0) is 30.7 Å². The van der Waals surface area contributed by atoms with Gasteiger partial charge >= 0.3 is 6.03 Å². The van der Waals surface area contributed by atoms with Crippen molar-refractivity contribution in [2.75, 3.05) is 23.7 Å². The lowest BCUT2D eigenvalue weighted by molar-refractivity contribution is 0.1000. The molecule has 28 heavy (non-hydrogen) atoms. The molecule has 4 N–H and O–H groups in total. The molecule has 1 aliphatic rings. The summed E-state index contributed by atoms with van der Waals surface area (Å²) in [6, 6.07) is 9.11. The summed E-state index contributed by atoms with van der Waals surface area (Å²) in [5, 5.41) is 7.02. The van der Waals surface area contributed by atoms with Crippen LogP contribution in [0.2, 0.25) is 0 Å². The quantitative estimate of drug-likeness (QED) is 0.630. The maximum atomic E-state index is 12.5. The molecule has 0 bridgehead atoms. The fraction of sp³-hybridized carbons (Fsp3) is 0.250. The summed E-state index contributed by atoms with van der Waals surface area (Å²) < 4.78 is 0. The van der Waals surface area contributed by atoms with E-state index < -0.39 is 11.9 Å². The topological polar surface area (TPSA) is 100 Å². The van der Waals surface area contributed by atoms with Crippen LogP contribution >= 0.6 is 11.3 Å². The maximum Gasteiger partial charge on any atom is 0.324 e. The fourth-order valence-corrected chi connectivity index (χ4v) is 4.77. The van der Waals surface area contributed by atoms with E-state index >= 15 is 0 Å². The minimum Gasteiger partial charge on any atom is -0.365 e. The Labute approximate surface area is 166 Å². The number of rotatable bonds is 4. The van der Waals surface area contributed by atoms with E-state index in [1.807, 2.05) is 30.3 Å². The van der Waals surface area contributed by atoms with Gasteiger partial charge in [0.2, 0.25) is 0 Å². The number of carbonyl (C=O) groups is 2. The van der Waals surface area contributed by atoms with Gasteiger partial charge in [-0.3, -0.25) is 20.0 Å². The van der Waals surface area contributed by atoms with Crippen LogP contribution in [0.15, 0.2) is 36.5 Å². The molecule has 0 fully saturated rings. The van der Waals surface area contributed by atoms with Gasteiger partial charge < -0.3 is 11.1 Å². The van der Waals surface area contributed by atoms with Crippen molar-refractivity contribution in [3.05, 3.63) is 52.5 Å². The molecular formula is C20H21N5O2S. The van der Waals surface area contributed by atoms with Gasteiger partial charge in [-0.15, -0.1) is 11.3 Å². The Hall–Kier alpha value is -2.97. The average Bonchev–Trinajstić information content (AvgIpc) is 3.04. The summed E-state index contributed by atoms with van der Waals surface area (Å²) in [5.41, 5.74) is 8.45. The number of aromatic nitrogens is 1. The second kappa shape index (κ2) is 7.57. The zero-order valence-corrected chi connectivity index (χ0v) is 16.3. The summed E-state index contributed by atoms with van der Waals surface area (Å²) in [4.78, 5) is 32.3. The number of fused-ring (bicyclic) bond motifs is 2. The second-order valence-corrected chi connectivity index (χ2v) is 7.79. The highest BCUT2D eigenvalue weighted by molar-refractivity contribution is 7.17. The Morgan fingerprint density at radius 3 is 2.89 bits per heavy atom. The van der Waals surface area contributed by atoms with Gasteiger partial charge in [0.1, 0.15) is 5.00 Å². The summed E-state index contributed by atoms with van der Waals surface area (Å²) in [6.45, 7) is 4.71. The van der Waals surface area contributed by atoms with Gasteiger partial charge in [-0.2, -0.15) is 0 Å². The van der Waals surface area contributed by atoms with E-state index in [1.54, 1.807) is 6.20 Å². The summed E-state index contributed by atoms with van der Waals surface area (Å²) in [7, 11) is 0. The van der Waals surface area contributed by atoms with Crippen LogP contribution in [0.3, 0.4) is 0 Å². The van der Waals surface area contributed by atoms with Gasteiger partial charge in [0.25, 0.3) is 5.91 Å². The lowest BCUT2D eigenvalue weighted by Crippen LogP contribution is -2.30. The van der Waals surface area contributed by atoms with Crippen molar-refractivity contribution in [1.29, 1.82) is 0 Å². The van der Waals surface area contributed by atoms with E-state index in [-0.39, 0.29) is 0 Å². The molecule has 3 amide bonds. The van der Waals surface area contributed by atoms with E-state index in [4.69, 9.17) is 5.73 Å². The van der Waals surface area contributed by atoms with Crippen LogP contribution in [0.4, 0.5) is 15.5 Å². The number of anilines is 2. The molecule has 144 valence electrons. The zero-order valence-electron chi connectivity index (χ0n) is 15.5. The number of benzene rings is 1. The third kappa shape index (κ3) is 3.56. The molecule has 0 saturated heterocycles. The molecule has 1 aliphatic heterocycles. The first-order valence-electron chi connectivity index (χ1n) is 9.14.